The van der Waals surface area contributed by atoms with Gasteiger partial charge in [-0.1, -0.05) is 17.6 Å². The van der Waals surface area contributed by atoms with Crippen molar-refractivity contribution in [3.05, 3.63) is 40.7 Å². The Morgan fingerprint density at radius 3 is 3.21 bits per heavy atom. The second kappa shape index (κ2) is 3.76. The van der Waals surface area contributed by atoms with Crippen LogP contribution in [0.15, 0.2) is 21.8 Å². The first-order valence-electron chi connectivity index (χ1n) is 7.65. The zero-order valence-electron chi connectivity index (χ0n) is 11.2. The van der Waals surface area contributed by atoms with Crippen LogP contribution in [0.25, 0.3) is 0 Å². The molecular formula is C17H19O2. The van der Waals surface area contributed by atoms with Gasteiger partial charge in [0.2, 0.25) is 0 Å². The molecule has 0 bridgehead atoms. The normalized spacial score (nSPS) is 35.9. The molecule has 1 saturated carbocycles. The molecule has 99 valence electrons. The molecule has 0 spiro atoms. The fourth-order valence-electron chi connectivity index (χ4n) is 4.90. The van der Waals surface area contributed by atoms with E-state index in [1.54, 1.807) is 11.1 Å². The lowest BCUT2D eigenvalue weighted by Crippen LogP contribution is -2.30. The lowest BCUT2D eigenvalue weighted by Gasteiger charge is -2.39. The maximum Gasteiger partial charge on any atom is 0.112 e. The minimum atomic E-state index is 0.475. The van der Waals surface area contributed by atoms with Crippen molar-refractivity contribution < 1.29 is 9.15 Å². The summed E-state index contributed by atoms with van der Waals surface area (Å²) in [5, 5.41) is 0. The van der Waals surface area contributed by atoms with E-state index < -0.39 is 0 Å². The molecule has 1 radical (unpaired) electrons. The van der Waals surface area contributed by atoms with Gasteiger partial charge in [-0.05, 0) is 37.5 Å². The first-order valence-corrected chi connectivity index (χ1v) is 7.65. The molecule has 3 atom stereocenters. The summed E-state index contributed by atoms with van der Waals surface area (Å²) in [6, 6.07) is 0. The van der Waals surface area contributed by atoms with E-state index in [2.05, 4.69) is 6.42 Å². The Labute approximate surface area is 113 Å². The van der Waals surface area contributed by atoms with E-state index in [0.717, 1.165) is 31.5 Å². The van der Waals surface area contributed by atoms with Crippen LogP contribution in [0.1, 0.15) is 48.5 Å². The fraction of sp³-hybridized carbons (Fsp3) is 0.588. The van der Waals surface area contributed by atoms with Gasteiger partial charge in [0.1, 0.15) is 5.76 Å². The first-order chi connectivity index (χ1) is 9.42. The summed E-state index contributed by atoms with van der Waals surface area (Å²) in [5.41, 5.74) is 6.06. The van der Waals surface area contributed by atoms with Crippen LogP contribution in [0.5, 0.6) is 0 Å². The van der Waals surface area contributed by atoms with Crippen molar-refractivity contribution >= 4 is 0 Å². The molecule has 0 N–H and O–H groups in total. The number of hydrogen-bond acceptors (Lipinski definition) is 2. The Kier molecular flexibility index (Phi) is 2.12. The molecule has 5 rings (SSSR count). The maximum atomic E-state index is 5.86. The molecule has 2 heteroatoms. The van der Waals surface area contributed by atoms with E-state index in [4.69, 9.17) is 9.15 Å². The number of rotatable bonds is 0. The molecule has 1 aromatic rings. The largest absolute Gasteiger partial charge is 0.468 e. The summed E-state index contributed by atoms with van der Waals surface area (Å²) >= 11 is 0. The van der Waals surface area contributed by atoms with Gasteiger partial charge in [-0.3, -0.25) is 0 Å². The quantitative estimate of drug-likeness (QED) is 0.704. The summed E-state index contributed by atoms with van der Waals surface area (Å²) in [7, 11) is 0. The number of hydrogen-bond donors (Lipinski definition) is 0. The highest BCUT2D eigenvalue weighted by Crippen LogP contribution is 2.53. The molecule has 1 fully saturated rings. The van der Waals surface area contributed by atoms with E-state index >= 15 is 0 Å². The summed E-state index contributed by atoms with van der Waals surface area (Å²) < 4.78 is 11.7. The molecule has 4 aliphatic rings. The van der Waals surface area contributed by atoms with Crippen molar-refractivity contribution in [2.75, 3.05) is 6.61 Å². The summed E-state index contributed by atoms with van der Waals surface area (Å²) in [6.07, 6.45) is 11.1. The third-order valence-corrected chi connectivity index (χ3v) is 5.72. The molecule has 2 nitrogen and oxygen atoms in total. The van der Waals surface area contributed by atoms with Crippen LogP contribution >= 0.6 is 0 Å². The fourth-order valence-corrected chi connectivity index (χ4v) is 4.90. The monoisotopic (exact) mass is 255 g/mol. The molecule has 0 amide bonds. The Hall–Kier alpha value is -1.02. The molecule has 19 heavy (non-hydrogen) atoms. The van der Waals surface area contributed by atoms with Gasteiger partial charge in [-0.2, -0.15) is 0 Å². The van der Waals surface area contributed by atoms with Gasteiger partial charge in [0.15, 0.2) is 0 Å². The number of furan rings is 1. The van der Waals surface area contributed by atoms with Crippen molar-refractivity contribution in [2.24, 2.45) is 11.8 Å². The average molecular weight is 255 g/mol. The van der Waals surface area contributed by atoms with Crippen LogP contribution in [-0.4, -0.2) is 6.61 Å². The molecule has 1 aromatic heterocycles. The summed E-state index contributed by atoms with van der Waals surface area (Å²) in [5.74, 6) is 3.47. The van der Waals surface area contributed by atoms with Gasteiger partial charge >= 0.3 is 0 Å². The highest BCUT2D eigenvalue weighted by atomic mass is 16.5. The molecule has 1 aliphatic heterocycles. The Balaban J connectivity index is 1.65. The molecule has 0 aromatic carbocycles. The summed E-state index contributed by atoms with van der Waals surface area (Å²) in [6.45, 7) is 1.59. The third-order valence-electron chi connectivity index (χ3n) is 5.72. The van der Waals surface area contributed by atoms with Crippen molar-refractivity contribution in [1.82, 2.24) is 0 Å². The Morgan fingerprint density at radius 1 is 1.21 bits per heavy atom. The number of allylic oxidation sites excluding steroid dienone is 1. The van der Waals surface area contributed by atoms with Crippen LogP contribution in [0.2, 0.25) is 0 Å². The van der Waals surface area contributed by atoms with Crippen molar-refractivity contribution in [1.29, 1.82) is 0 Å². The van der Waals surface area contributed by atoms with Crippen LogP contribution in [-0.2, 0) is 17.8 Å². The standard InChI is InChI=1S/C17H19O2/c1-2-10-4-5-13-14(12(10)3-1)6-16-17-11(8-19-16)7-18-9-15(13)17/h5,8,10,12,15H,1-4,6-7,9H2. The van der Waals surface area contributed by atoms with Crippen LogP contribution in [0.4, 0.5) is 0 Å². The van der Waals surface area contributed by atoms with Crippen LogP contribution < -0.4 is 0 Å². The van der Waals surface area contributed by atoms with Crippen LogP contribution in [0.3, 0.4) is 0 Å². The number of fused-ring (bicyclic) bond motifs is 3. The van der Waals surface area contributed by atoms with Gasteiger partial charge in [-0.25, -0.2) is 0 Å². The molecule has 3 unspecified atom stereocenters. The lowest BCUT2D eigenvalue weighted by atomic mass is 9.67. The van der Waals surface area contributed by atoms with E-state index in [1.807, 2.05) is 6.26 Å². The minimum absolute atomic E-state index is 0.475. The summed E-state index contributed by atoms with van der Waals surface area (Å²) in [4.78, 5) is 0. The average Bonchev–Trinajstić information content (AvgIpc) is 3.07. The molecule has 2 heterocycles. The topological polar surface area (TPSA) is 22.4 Å². The number of ether oxygens (including phenoxy) is 1. The smallest absolute Gasteiger partial charge is 0.112 e. The highest BCUT2D eigenvalue weighted by Gasteiger charge is 2.42. The van der Waals surface area contributed by atoms with Gasteiger partial charge in [0.05, 0.1) is 19.5 Å². The third kappa shape index (κ3) is 1.36. The molecule has 0 saturated heterocycles. The molecular weight excluding hydrogens is 236 g/mol. The van der Waals surface area contributed by atoms with Crippen molar-refractivity contribution in [2.45, 2.75) is 44.6 Å². The van der Waals surface area contributed by atoms with E-state index in [9.17, 15) is 0 Å². The predicted molar refractivity (Wildman–Crippen MR) is 71.6 cm³/mol. The highest BCUT2D eigenvalue weighted by molar-refractivity contribution is 5.50. The van der Waals surface area contributed by atoms with Gasteiger partial charge in [0, 0.05) is 23.5 Å². The SMILES string of the molecule is [CH]1CC2CCCC2C2=C1C1COCc3coc(c31)C2. The lowest BCUT2D eigenvalue weighted by molar-refractivity contribution is 0.0973. The zero-order chi connectivity index (χ0) is 12.4. The second-order valence-corrected chi connectivity index (χ2v) is 6.56. The maximum absolute atomic E-state index is 5.86. The van der Waals surface area contributed by atoms with Gasteiger partial charge in [0.25, 0.3) is 0 Å². The predicted octanol–water partition coefficient (Wildman–Crippen LogP) is 3.77. The Morgan fingerprint density at radius 2 is 2.21 bits per heavy atom. The van der Waals surface area contributed by atoms with Crippen molar-refractivity contribution in [3.8, 4) is 0 Å². The van der Waals surface area contributed by atoms with Gasteiger partial charge in [-0.15, -0.1) is 0 Å². The van der Waals surface area contributed by atoms with E-state index in [1.165, 1.54) is 42.6 Å². The molecule has 3 aliphatic carbocycles. The zero-order valence-corrected chi connectivity index (χ0v) is 11.2. The van der Waals surface area contributed by atoms with Gasteiger partial charge < -0.3 is 9.15 Å². The van der Waals surface area contributed by atoms with Crippen LogP contribution in [0, 0.1) is 18.3 Å². The second-order valence-electron chi connectivity index (χ2n) is 6.56. The first kappa shape index (κ1) is 10.7. The van der Waals surface area contributed by atoms with Crippen molar-refractivity contribution in [3.63, 3.8) is 0 Å². The Bertz CT molecular complexity index is 566. The van der Waals surface area contributed by atoms with E-state index in [-0.39, 0.29) is 0 Å². The minimum Gasteiger partial charge on any atom is -0.468 e. The van der Waals surface area contributed by atoms with E-state index in [0.29, 0.717) is 5.92 Å².